The molecule has 0 bridgehead atoms. The van der Waals surface area contributed by atoms with Crippen LogP contribution in [0.15, 0.2) is 84.0 Å². The molecule has 1 unspecified atom stereocenters. The molecule has 5 heteroatoms. The second kappa shape index (κ2) is 7.56. The number of rotatable bonds is 4. The Hall–Kier alpha value is -3.60. The summed E-state index contributed by atoms with van der Waals surface area (Å²) in [6, 6.07) is 24.2. The molecule has 0 saturated heterocycles. The maximum Gasteiger partial charge on any atom is 0.240 e. The molecule has 0 spiro atoms. The van der Waals surface area contributed by atoms with Crippen molar-refractivity contribution < 1.29 is 14.6 Å². The van der Waals surface area contributed by atoms with E-state index in [1.165, 1.54) is 11.9 Å². The van der Waals surface area contributed by atoms with Crippen LogP contribution in [-0.2, 0) is 4.79 Å². The van der Waals surface area contributed by atoms with E-state index in [1.54, 1.807) is 12.1 Å². The van der Waals surface area contributed by atoms with E-state index in [2.05, 4.69) is 5.10 Å². The molecule has 1 N–H and O–H groups in total. The van der Waals surface area contributed by atoms with Gasteiger partial charge in [-0.15, -0.1) is 0 Å². The number of benzene rings is 3. The van der Waals surface area contributed by atoms with Crippen molar-refractivity contribution in [1.29, 1.82) is 0 Å². The van der Waals surface area contributed by atoms with Gasteiger partial charge in [-0.3, -0.25) is 4.79 Å². The van der Waals surface area contributed by atoms with Crippen molar-refractivity contribution >= 4 is 11.6 Å². The SMILES string of the molecule is CC(=O)N1N=C(c2ccc(Oc3ccccc3)c(O)c2)CC1c1ccccc1. The first-order valence-corrected chi connectivity index (χ1v) is 9.10. The third-order valence-corrected chi connectivity index (χ3v) is 4.68. The van der Waals surface area contributed by atoms with Gasteiger partial charge in [0, 0.05) is 18.9 Å². The zero-order chi connectivity index (χ0) is 19.5. The Labute approximate surface area is 163 Å². The monoisotopic (exact) mass is 372 g/mol. The number of ether oxygens (including phenoxy) is 1. The van der Waals surface area contributed by atoms with Crippen molar-refractivity contribution in [2.24, 2.45) is 5.10 Å². The van der Waals surface area contributed by atoms with Gasteiger partial charge in [0.1, 0.15) is 5.75 Å². The van der Waals surface area contributed by atoms with Crippen molar-refractivity contribution in [3.05, 3.63) is 90.0 Å². The highest BCUT2D eigenvalue weighted by molar-refractivity contribution is 6.03. The molecular weight excluding hydrogens is 352 g/mol. The molecule has 3 aromatic carbocycles. The lowest BCUT2D eigenvalue weighted by atomic mass is 9.98. The standard InChI is InChI=1S/C23H20N2O3/c1-16(26)25-21(17-8-4-2-5-9-17)15-20(24-25)18-12-13-23(22(27)14-18)28-19-10-6-3-7-11-19/h2-14,21,27H,15H2,1H3. The number of aromatic hydroxyl groups is 1. The summed E-state index contributed by atoms with van der Waals surface area (Å²) in [5.41, 5.74) is 2.55. The molecule has 28 heavy (non-hydrogen) atoms. The van der Waals surface area contributed by atoms with E-state index in [1.807, 2.05) is 66.7 Å². The second-order valence-corrected chi connectivity index (χ2v) is 6.64. The predicted molar refractivity (Wildman–Crippen MR) is 107 cm³/mol. The predicted octanol–water partition coefficient (Wildman–Crippen LogP) is 4.88. The number of nitrogens with zero attached hydrogens (tertiary/aromatic N) is 2. The number of amides is 1. The highest BCUT2D eigenvalue weighted by Crippen LogP contribution is 2.36. The number of para-hydroxylation sites is 1. The number of phenolic OH excluding ortho intramolecular Hbond substituents is 1. The highest BCUT2D eigenvalue weighted by Gasteiger charge is 2.31. The van der Waals surface area contributed by atoms with Gasteiger partial charge in [-0.05, 0) is 35.9 Å². The van der Waals surface area contributed by atoms with Crippen LogP contribution < -0.4 is 4.74 Å². The lowest BCUT2D eigenvalue weighted by Crippen LogP contribution is -2.24. The summed E-state index contributed by atoms with van der Waals surface area (Å²) in [7, 11) is 0. The van der Waals surface area contributed by atoms with E-state index in [-0.39, 0.29) is 17.7 Å². The molecule has 1 amide bonds. The molecule has 0 fully saturated rings. The summed E-state index contributed by atoms with van der Waals surface area (Å²) in [5, 5.41) is 16.4. The van der Waals surface area contributed by atoms with Crippen molar-refractivity contribution in [2.45, 2.75) is 19.4 Å². The van der Waals surface area contributed by atoms with Crippen LogP contribution in [0.4, 0.5) is 0 Å². The smallest absolute Gasteiger partial charge is 0.240 e. The highest BCUT2D eigenvalue weighted by atomic mass is 16.5. The normalized spacial score (nSPS) is 16.0. The van der Waals surface area contributed by atoms with Crippen LogP contribution in [0.1, 0.15) is 30.5 Å². The van der Waals surface area contributed by atoms with Gasteiger partial charge in [-0.25, -0.2) is 5.01 Å². The molecule has 1 heterocycles. The minimum absolute atomic E-state index is 0.0292. The maximum absolute atomic E-state index is 12.1. The molecule has 4 rings (SSSR count). The first-order valence-electron chi connectivity index (χ1n) is 9.10. The number of carbonyl (C=O) groups is 1. The Bertz CT molecular complexity index is 1020. The van der Waals surface area contributed by atoms with Gasteiger partial charge in [0.25, 0.3) is 0 Å². The molecule has 140 valence electrons. The van der Waals surface area contributed by atoms with E-state index in [0.29, 0.717) is 17.9 Å². The molecule has 0 aromatic heterocycles. The van der Waals surface area contributed by atoms with Crippen LogP contribution >= 0.6 is 0 Å². The van der Waals surface area contributed by atoms with Crippen LogP contribution in [-0.4, -0.2) is 21.7 Å². The van der Waals surface area contributed by atoms with Gasteiger partial charge in [0.05, 0.1) is 11.8 Å². The van der Waals surface area contributed by atoms with Crippen LogP contribution in [0.5, 0.6) is 17.2 Å². The molecule has 1 aliphatic rings. The van der Waals surface area contributed by atoms with Crippen molar-refractivity contribution in [3.8, 4) is 17.2 Å². The summed E-state index contributed by atoms with van der Waals surface area (Å²) in [6.07, 6.45) is 0.585. The summed E-state index contributed by atoms with van der Waals surface area (Å²) in [5.74, 6) is 0.936. The Morgan fingerprint density at radius 2 is 1.71 bits per heavy atom. The van der Waals surface area contributed by atoms with Crippen LogP contribution in [0, 0.1) is 0 Å². The van der Waals surface area contributed by atoms with Crippen LogP contribution in [0.3, 0.4) is 0 Å². The lowest BCUT2D eigenvalue weighted by molar-refractivity contribution is -0.130. The minimum Gasteiger partial charge on any atom is -0.504 e. The lowest BCUT2D eigenvalue weighted by Gasteiger charge is -2.20. The van der Waals surface area contributed by atoms with Gasteiger partial charge in [0.2, 0.25) is 5.91 Å². The molecule has 5 nitrogen and oxygen atoms in total. The fourth-order valence-corrected chi connectivity index (χ4v) is 3.31. The third-order valence-electron chi connectivity index (χ3n) is 4.68. The van der Waals surface area contributed by atoms with Gasteiger partial charge in [-0.2, -0.15) is 5.10 Å². The molecule has 3 aromatic rings. The number of hydrogen-bond donors (Lipinski definition) is 1. The van der Waals surface area contributed by atoms with Gasteiger partial charge < -0.3 is 9.84 Å². The molecule has 0 aliphatic carbocycles. The van der Waals surface area contributed by atoms with Gasteiger partial charge in [-0.1, -0.05) is 48.5 Å². The van der Waals surface area contributed by atoms with Gasteiger partial charge >= 0.3 is 0 Å². The second-order valence-electron chi connectivity index (χ2n) is 6.64. The fraction of sp³-hybridized carbons (Fsp3) is 0.130. The summed E-state index contributed by atoms with van der Waals surface area (Å²) < 4.78 is 5.72. The topological polar surface area (TPSA) is 62.1 Å². The Morgan fingerprint density at radius 3 is 2.36 bits per heavy atom. The average molecular weight is 372 g/mol. The van der Waals surface area contributed by atoms with E-state index < -0.39 is 0 Å². The number of hydrogen-bond acceptors (Lipinski definition) is 4. The first kappa shape index (κ1) is 17.8. The molecule has 1 atom stereocenters. The summed E-state index contributed by atoms with van der Waals surface area (Å²) >= 11 is 0. The van der Waals surface area contributed by atoms with E-state index in [0.717, 1.165) is 16.8 Å². The molecule has 1 aliphatic heterocycles. The van der Waals surface area contributed by atoms with Crippen molar-refractivity contribution in [1.82, 2.24) is 5.01 Å². The molecular formula is C23H20N2O3. The Kier molecular flexibility index (Phi) is 4.81. The Morgan fingerprint density at radius 1 is 1.04 bits per heavy atom. The van der Waals surface area contributed by atoms with Crippen LogP contribution in [0.2, 0.25) is 0 Å². The van der Waals surface area contributed by atoms with Crippen molar-refractivity contribution in [2.75, 3.05) is 0 Å². The van der Waals surface area contributed by atoms with Crippen molar-refractivity contribution in [3.63, 3.8) is 0 Å². The zero-order valence-corrected chi connectivity index (χ0v) is 15.4. The zero-order valence-electron chi connectivity index (χ0n) is 15.4. The maximum atomic E-state index is 12.1. The first-order chi connectivity index (χ1) is 13.6. The van der Waals surface area contributed by atoms with E-state index in [9.17, 15) is 9.90 Å². The minimum atomic E-state index is -0.143. The van der Waals surface area contributed by atoms with E-state index >= 15 is 0 Å². The van der Waals surface area contributed by atoms with Crippen LogP contribution in [0.25, 0.3) is 0 Å². The van der Waals surface area contributed by atoms with E-state index in [4.69, 9.17) is 4.74 Å². The fourth-order valence-electron chi connectivity index (χ4n) is 3.31. The average Bonchev–Trinajstić information content (AvgIpc) is 3.17. The summed E-state index contributed by atoms with van der Waals surface area (Å²) in [4.78, 5) is 12.1. The molecule has 0 radical (unpaired) electrons. The summed E-state index contributed by atoms with van der Waals surface area (Å²) in [6.45, 7) is 1.51. The number of hydrazone groups is 1. The quantitative estimate of drug-likeness (QED) is 0.710. The Balaban J connectivity index is 1.59. The molecule has 0 saturated carbocycles. The third kappa shape index (κ3) is 3.60. The number of carbonyl (C=O) groups excluding carboxylic acids is 1. The van der Waals surface area contributed by atoms with Gasteiger partial charge in [0.15, 0.2) is 11.5 Å². The number of phenols is 1. The largest absolute Gasteiger partial charge is 0.504 e.